The predicted octanol–water partition coefficient (Wildman–Crippen LogP) is 4.33. The van der Waals surface area contributed by atoms with Gasteiger partial charge in [0.25, 0.3) is 10.0 Å². The Morgan fingerprint density at radius 1 is 1.19 bits per heavy atom. The summed E-state index contributed by atoms with van der Waals surface area (Å²) >= 11 is 1.51. The molecule has 1 aromatic heterocycles. The average Bonchev–Trinajstić information content (AvgIpc) is 3.08. The number of methoxy groups -OCH3 is 1. The third-order valence-electron chi connectivity index (χ3n) is 3.77. The molecule has 0 aliphatic rings. The van der Waals surface area contributed by atoms with Crippen LogP contribution in [-0.2, 0) is 10.0 Å². The van der Waals surface area contributed by atoms with E-state index in [0.29, 0.717) is 29.4 Å². The van der Waals surface area contributed by atoms with Crippen molar-refractivity contribution in [1.82, 2.24) is 4.98 Å². The van der Waals surface area contributed by atoms with Crippen LogP contribution in [0.5, 0.6) is 11.5 Å². The van der Waals surface area contributed by atoms with Crippen molar-refractivity contribution in [1.29, 1.82) is 0 Å². The lowest BCUT2D eigenvalue weighted by atomic mass is 10.2. The smallest absolute Gasteiger partial charge is 0.265 e. The molecule has 8 heteroatoms. The molecule has 0 amide bonds. The lowest BCUT2D eigenvalue weighted by Gasteiger charge is -2.14. The second-order valence-electron chi connectivity index (χ2n) is 5.68. The maximum atomic E-state index is 13.0. The number of anilines is 1. The monoisotopic (exact) mass is 404 g/mol. The fourth-order valence-electron chi connectivity index (χ4n) is 2.54. The Hall–Kier alpha value is -2.58. The van der Waals surface area contributed by atoms with E-state index < -0.39 is 10.0 Å². The van der Waals surface area contributed by atoms with Crippen LogP contribution in [0.15, 0.2) is 52.7 Å². The molecule has 3 rings (SSSR count). The van der Waals surface area contributed by atoms with Gasteiger partial charge in [-0.2, -0.15) is 0 Å². The van der Waals surface area contributed by atoms with Crippen molar-refractivity contribution in [2.75, 3.05) is 18.4 Å². The number of thiazole rings is 1. The highest BCUT2D eigenvalue weighted by atomic mass is 32.2. The maximum absolute atomic E-state index is 13.0. The summed E-state index contributed by atoms with van der Waals surface area (Å²) in [5.41, 5.74) is 1.86. The Kier molecular flexibility index (Phi) is 5.67. The molecule has 0 radical (unpaired) electrons. The highest BCUT2D eigenvalue weighted by Gasteiger charge is 2.22. The van der Waals surface area contributed by atoms with Crippen LogP contribution in [0, 0.1) is 6.92 Å². The summed E-state index contributed by atoms with van der Waals surface area (Å²) in [6, 6.07) is 11.8. The summed E-state index contributed by atoms with van der Waals surface area (Å²) < 4.78 is 39.3. The number of aryl methyl sites for hydroxylation is 1. The van der Waals surface area contributed by atoms with Gasteiger partial charge in [0.1, 0.15) is 16.4 Å². The number of benzene rings is 2. The van der Waals surface area contributed by atoms with Crippen molar-refractivity contribution < 1.29 is 17.9 Å². The van der Waals surface area contributed by atoms with Gasteiger partial charge in [-0.1, -0.05) is 6.07 Å². The van der Waals surface area contributed by atoms with Gasteiger partial charge >= 0.3 is 0 Å². The Morgan fingerprint density at radius 2 is 2.00 bits per heavy atom. The van der Waals surface area contributed by atoms with Gasteiger partial charge < -0.3 is 9.47 Å². The normalized spacial score (nSPS) is 11.2. The van der Waals surface area contributed by atoms with Gasteiger partial charge in [0, 0.05) is 17.0 Å². The van der Waals surface area contributed by atoms with E-state index in [0.717, 1.165) is 10.7 Å². The number of ether oxygens (including phenoxy) is 2. The van der Waals surface area contributed by atoms with E-state index in [1.807, 2.05) is 25.3 Å². The van der Waals surface area contributed by atoms with E-state index in [4.69, 9.17) is 9.47 Å². The fraction of sp³-hybridized carbons (Fsp3) is 0.211. The van der Waals surface area contributed by atoms with Crippen LogP contribution in [-0.4, -0.2) is 27.1 Å². The third-order valence-corrected chi connectivity index (χ3v) is 5.95. The first kappa shape index (κ1) is 19.2. The van der Waals surface area contributed by atoms with Crippen LogP contribution in [0.2, 0.25) is 0 Å². The molecule has 0 aliphatic carbocycles. The number of hydrogen-bond donors (Lipinski definition) is 1. The number of nitrogens with zero attached hydrogens (tertiary/aromatic N) is 1. The molecule has 0 spiro atoms. The van der Waals surface area contributed by atoms with Gasteiger partial charge in [0.15, 0.2) is 0 Å². The fourth-order valence-corrected chi connectivity index (χ4v) is 4.39. The van der Waals surface area contributed by atoms with Crippen LogP contribution < -0.4 is 14.2 Å². The minimum atomic E-state index is -3.87. The van der Waals surface area contributed by atoms with E-state index >= 15 is 0 Å². The van der Waals surface area contributed by atoms with Crippen LogP contribution in [0.25, 0.3) is 11.3 Å². The second-order valence-corrected chi connectivity index (χ2v) is 8.40. The number of rotatable bonds is 7. The summed E-state index contributed by atoms with van der Waals surface area (Å²) in [7, 11) is -2.34. The van der Waals surface area contributed by atoms with Gasteiger partial charge in [0.05, 0.1) is 30.1 Å². The van der Waals surface area contributed by atoms with Crippen LogP contribution in [0.4, 0.5) is 5.69 Å². The molecule has 0 saturated heterocycles. The highest BCUT2D eigenvalue weighted by Crippen LogP contribution is 2.32. The molecular weight excluding hydrogens is 384 g/mol. The predicted molar refractivity (Wildman–Crippen MR) is 107 cm³/mol. The summed E-state index contributed by atoms with van der Waals surface area (Å²) in [6.07, 6.45) is 0. The van der Waals surface area contributed by atoms with Gasteiger partial charge in [-0.25, -0.2) is 13.4 Å². The Labute approximate surface area is 162 Å². The summed E-state index contributed by atoms with van der Waals surface area (Å²) in [4.78, 5) is 4.50. The molecule has 0 fully saturated rings. The molecule has 1 N–H and O–H groups in total. The van der Waals surface area contributed by atoms with Crippen molar-refractivity contribution in [3.8, 4) is 22.8 Å². The van der Waals surface area contributed by atoms with Crippen molar-refractivity contribution in [2.45, 2.75) is 18.7 Å². The molecule has 2 aromatic carbocycles. The van der Waals surface area contributed by atoms with Crippen LogP contribution >= 0.6 is 11.3 Å². The first-order valence-corrected chi connectivity index (χ1v) is 10.7. The quantitative estimate of drug-likeness (QED) is 0.634. The molecule has 1 heterocycles. The zero-order valence-corrected chi connectivity index (χ0v) is 16.9. The second kappa shape index (κ2) is 7.98. The SMILES string of the molecule is CCOc1ccc(-c2csc(C)n2)cc1S(=O)(=O)Nc1cccc(OC)c1. The Balaban J connectivity index is 2.03. The van der Waals surface area contributed by atoms with E-state index in [1.54, 1.807) is 36.4 Å². The molecular formula is C19H20N2O4S2. The Morgan fingerprint density at radius 3 is 2.67 bits per heavy atom. The van der Waals surface area contributed by atoms with Gasteiger partial charge in [-0.3, -0.25) is 4.72 Å². The minimum absolute atomic E-state index is 0.0651. The number of nitrogens with one attached hydrogen (secondary N) is 1. The maximum Gasteiger partial charge on any atom is 0.265 e. The van der Waals surface area contributed by atoms with Crippen molar-refractivity contribution in [3.05, 3.63) is 52.9 Å². The van der Waals surface area contributed by atoms with Gasteiger partial charge in [-0.15, -0.1) is 11.3 Å². The number of sulfonamides is 1. The molecule has 3 aromatic rings. The van der Waals surface area contributed by atoms with E-state index in [1.165, 1.54) is 18.4 Å². The highest BCUT2D eigenvalue weighted by molar-refractivity contribution is 7.92. The molecule has 0 atom stereocenters. The molecule has 6 nitrogen and oxygen atoms in total. The zero-order valence-electron chi connectivity index (χ0n) is 15.2. The Bertz CT molecular complexity index is 1050. The third kappa shape index (κ3) is 4.40. The van der Waals surface area contributed by atoms with Crippen molar-refractivity contribution in [3.63, 3.8) is 0 Å². The van der Waals surface area contributed by atoms with Crippen LogP contribution in [0.1, 0.15) is 11.9 Å². The molecule has 142 valence electrons. The summed E-state index contributed by atoms with van der Waals surface area (Å²) in [5.74, 6) is 0.857. The number of hydrogen-bond acceptors (Lipinski definition) is 6. The van der Waals surface area contributed by atoms with Crippen molar-refractivity contribution >= 4 is 27.0 Å². The lowest BCUT2D eigenvalue weighted by Crippen LogP contribution is -2.14. The average molecular weight is 405 g/mol. The van der Waals surface area contributed by atoms with Gasteiger partial charge in [0.2, 0.25) is 0 Å². The van der Waals surface area contributed by atoms with E-state index in [-0.39, 0.29) is 4.90 Å². The first-order chi connectivity index (χ1) is 12.9. The molecule has 0 bridgehead atoms. The summed E-state index contributed by atoms with van der Waals surface area (Å²) in [6.45, 7) is 4.07. The largest absolute Gasteiger partial charge is 0.497 e. The summed E-state index contributed by atoms with van der Waals surface area (Å²) in [5, 5.41) is 2.81. The van der Waals surface area contributed by atoms with E-state index in [2.05, 4.69) is 9.71 Å². The molecule has 0 unspecified atom stereocenters. The van der Waals surface area contributed by atoms with E-state index in [9.17, 15) is 8.42 Å². The minimum Gasteiger partial charge on any atom is -0.497 e. The standard InChI is InChI=1S/C19H20N2O4S2/c1-4-25-18-9-8-14(17-12-26-13(2)20-17)10-19(18)27(22,23)21-15-6-5-7-16(11-15)24-3/h5-12,21H,4H2,1-3H3. The first-order valence-electron chi connectivity index (χ1n) is 8.29. The molecule has 0 saturated carbocycles. The molecule has 0 aliphatic heterocycles. The topological polar surface area (TPSA) is 77.5 Å². The lowest BCUT2D eigenvalue weighted by molar-refractivity contribution is 0.331. The van der Waals surface area contributed by atoms with Crippen molar-refractivity contribution in [2.24, 2.45) is 0 Å². The molecule has 27 heavy (non-hydrogen) atoms. The number of aromatic nitrogens is 1. The zero-order chi connectivity index (χ0) is 19.4. The van der Waals surface area contributed by atoms with Gasteiger partial charge in [-0.05, 0) is 44.2 Å². The van der Waals surface area contributed by atoms with Crippen LogP contribution in [0.3, 0.4) is 0 Å².